The number of para-hydroxylation sites is 1. The Morgan fingerprint density at radius 3 is 2.48 bits per heavy atom. The van der Waals surface area contributed by atoms with Gasteiger partial charge in [-0.25, -0.2) is 8.42 Å². The zero-order valence-corrected chi connectivity index (χ0v) is 16.5. The normalized spacial score (nSPS) is 16.0. The van der Waals surface area contributed by atoms with Gasteiger partial charge < -0.3 is 4.98 Å². The number of nitriles is 1. The average molecular weight is 408 g/mol. The summed E-state index contributed by atoms with van der Waals surface area (Å²) in [5, 5.41) is 10.1. The highest BCUT2D eigenvalue weighted by molar-refractivity contribution is 7.89. The molecule has 2 heterocycles. The molecule has 2 aromatic carbocycles. The summed E-state index contributed by atoms with van der Waals surface area (Å²) in [5.41, 5.74) is 1.71. The summed E-state index contributed by atoms with van der Waals surface area (Å²) < 4.78 is 27.2. The number of hydrogen-bond donors (Lipinski definition) is 1. The lowest BCUT2D eigenvalue weighted by Crippen LogP contribution is -2.49. The van der Waals surface area contributed by atoms with Crippen LogP contribution in [-0.4, -0.2) is 61.1 Å². The summed E-state index contributed by atoms with van der Waals surface area (Å²) in [6.45, 7) is 1.72. The Balaban J connectivity index is 1.43. The number of aromatic amines is 1. The molecule has 1 saturated heterocycles. The molecule has 0 unspecified atom stereocenters. The maximum absolute atomic E-state index is 12.9. The molecule has 1 fully saturated rings. The van der Waals surface area contributed by atoms with Crippen molar-refractivity contribution in [3.8, 4) is 6.07 Å². The molecule has 29 heavy (non-hydrogen) atoms. The maximum Gasteiger partial charge on any atom is 0.244 e. The van der Waals surface area contributed by atoms with Gasteiger partial charge >= 0.3 is 0 Å². The van der Waals surface area contributed by atoms with Crippen molar-refractivity contribution in [1.29, 1.82) is 5.26 Å². The third-order valence-electron chi connectivity index (χ3n) is 5.21. The van der Waals surface area contributed by atoms with Gasteiger partial charge in [0, 0.05) is 48.8 Å². The number of carbonyl (C=O) groups is 1. The zero-order chi connectivity index (χ0) is 20.4. The highest BCUT2D eigenvalue weighted by atomic mass is 32.2. The number of rotatable bonds is 5. The number of nitrogens with one attached hydrogen (secondary N) is 1. The molecule has 0 spiro atoms. The molecule has 1 aliphatic rings. The van der Waals surface area contributed by atoms with Gasteiger partial charge in [0.05, 0.1) is 17.0 Å². The molecule has 7 nitrogen and oxygen atoms in total. The fraction of sp³-hybridized carbons (Fsp3) is 0.238. The van der Waals surface area contributed by atoms with E-state index >= 15 is 0 Å². The van der Waals surface area contributed by atoms with E-state index in [0.29, 0.717) is 18.7 Å². The summed E-state index contributed by atoms with van der Waals surface area (Å²) >= 11 is 0. The second-order valence-electron chi connectivity index (χ2n) is 6.96. The Morgan fingerprint density at radius 2 is 1.72 bits per heavy atom. The van der Waals surface area contributed by atoms with E-state index in [1.54, 1.807) is 18.3 Å². The Bertz CT molecular complexity index is 1200. The standard InChI is InChI=1S/C21H20N4O3S/c22-13-16-5-1-4-8-21(16)29(27,28)25-11-9-24(10-12-25)15-20(26)18-14-23-19-7-3-2-6-17(18)19/h1-8,14,23H,9-12,15H2. The molecule has 4 rings (SSSR count). The van der Waals surface area contributed by atoms with Crippen LogP contribution in [0.3, 0.4) is 0 Å². The predicted octanol–water partition coefficient (Wildman–Crippen LogP) is 2.23. The minimum atomic E-state index is -3.73. The van der Waals surface area contributed by atoms with Crippen LogP contribution in [0.5, 0.6) is 0 Å². The summed E-state index contributed by atoms with van der Waals surface area (Å²) in [5.74, 6) is 0.00795. The van der Waals surface area contributed by atoms with E-state index in [9.17, 15) is 18.5 Å². The van der Waals surface area contributed by atoms with Crippen molar-refractivity contribution in [1.82, 2.24) is 14.2 Å². The summed E-state index contributed by atoms with van der Waals surface area (Å²) in [6, 6.07) is 15.8. The van der Waals surface area contributed by atoms with Crippen molar-refractivity contribution in [3.05, 3.63) is 65.9 Å². The van der Waals surface area contributed by atoms with E-state index in [2.05, 4.69) is 4.98 Å². The van der Waals surface area contributed by atoms with Crippen LogP contribution in [0.15, 0.2) is 59.6 Å². The molecule has 8 heteroatoms. The van der Waals surface area contributed by atoms with Crippen LogP contribution in [0.4, 0.5) is 0 Å². The van der Waals surface area contributed by atoms with Crippen LogP contribution in [0.2, 0.25) is 0 Å². The van der Waals surface area contributed by atoms with Crippen molar-refractivity contribution >= 4 is 26.7 Å². The van der Waals surface area contributed by atoms with Crippen LogP contribution in [0.25, 0.3) is 10.9 Å². The molecule has 0 amide bonds. The van der Waals surface area contributed by atoms with Gasteiger partial charge in [0.1, 0.15) is 6.07 Å². The summed E-state index contributed by atoms with van der Waals surface area (Å²) in [6.07, 6.45) is 1.73. The number of ketones is 1. The van der Waals surface area contributed by atoms with Gasteiger partial charge in [-0.3, -0.25) is 9.69 Å². The van der Waals surface area contributed by atoms with E-state index in [1.807, 2.05) is 35.2 Å². The Labute approximate surface area is 169 Å². The number of benzene rings is 2. The second kappa shape index (κ2) is 7.79. The third-order valence-corrected chi connectivity index (χ3v) is 7.17. The maximum atomic E-state index is 12.9. The fourth-order valence-electron chi connectivity index (χ4n) is 3.64. The lowest BCUT2D eigenvalue weighted by atomic mass is 10.1. The first-order valence-corrected chi connectivity index (χ1v) is 10.8. The number of carbonyl (C=O) groups excluding carboxylic acids is 1. The molecular formula is C21H20N4O3S. The van der Waals surface area contributed by atoms with Crippen molar-refractivity contribution in [3.63, 3.8) is 0 Å². The molecular weight excluding hydrogens is 388 g/mol. The molecule has 3 aromatic rings. The number of hydrogen-bond acceptors (Lipinski definition) is 5. The number of H-pyrrole nitrogens is 1. The smallest absolute Gasteiger partial charge is 0.244 e. The fourth-order valence-corrected chi connectivity index (χ4v) is 5.21. The molecule has 0 aliphatic carbocycles. The largest absolute Gasteiger partial charge is 0.360 e. The lowest BCUT2D eigenvalue weighted by Gasteiger charge is -2.33. The van der Waals surface area contributed by atoms with Crippen LogP contribution < -0.4 is 0 Å². The van der Waals surface area contributed by atoms with E-state index in [-0.39, 0.29) is 35.9 Å². The number of piperazine rings is 1. The number of aromatic nitrogens is 1. The number of fused-ring (bicyclic) bond motifs is 1. The van der Waals surface area contributed by atoms with Crippen molar-refractivity contribution in [2.45, 2.75) is 4.90 Å². The molecule has 0 bridgehead atoms. The average Bonchev–Trinajstić information content (AvgIpc) is 3.18. The highest BCUT2D eigenvalue weighted by Gasteiger charge is 2.31. The lowest BCUT2D eigenvalue weighted by molar-refractivity contribution is 0.0903. The van der Waals surface area contributed by atoms with Gasteiger partial charge in [-0.05, 0) is 18.2 Å². The molecule has 0 saturated carbocycles. The second-order valence-corrected chi connectivity index (χ2v) is 8.87. The van der Waals surface area contributed by atoms with Crippen molar-refractivity contribution in [2.75, 3.05) is 32.7 Å². The molecule has 1 N–H and O–H groups in total. The monoisotopic (exact) mass is 408 g/mol. The summed E-state index contributed by atoms with van der Waals surface area (Å²) in [4.78, 5) is 17.8. The first-order chi connectivity index (χ1) is 14.0. The van der Waals surface area contributed by atoms with E-state index in [1.165, 1.54) is 16.4 Å². The van der Waals surface area contributed by atoms with Gasteiger partial charge in [0.15, 0.2) is 5.78 Å². The molecule has 1 aromatic heterocycles. The minimum Gasteiger partial charge on any atom is -0.360 e. The summed E-state index contributed by atoms with van der Waals surface area (Å²) in [7, 11) is -3.73. The van der Waals surface area contributed by atoms with Crippen LogP contribution in [0, 0.1) is 11.3 Å². The highest BCUT2D eigenvalue weighted by Crippen LogP contribution is 2.22. The molecule has 0 atom stereocenters. The number of nitrogens with zero attached hydrogens (tertiary/aromatic N) is 3. The Hall–Kier alpha value is -2.99. The van der Waals surface area contributed by atoms with Crippen LogP contribution >= 0.6 is 0 Å². The van der Waals surface area contributed by atoms with Crippen LogP contribution in [0.1, 0.15) is 15.9 Å². The van der Waals surface area contributed by atoms with Crippen molar-refractivity contribution < 1.29 is 13.2 Å². The van der Waals surface area contributed by atoms with Gasteiger partial charge in [0.2, 0.25) is 10.0 Å². The van der Waals surface area contributed by atoms with Gasteiger partial charge in [0.25, 0.3) is 0 Å². The third kappa shape index (κ3) is 3.68. The van der Waals surface area contributed by atoms with E-state index in [4.69, 9.17) is 0 Å². The Morgan fingerprint density at radius 1 is 1.03 bits per heavy atom. The first-order valence-electron chi connectivity index (χ1n) is 9.31. The van der Waals surface area contributed by atoms with Gasteiger partial charge in [-0.1, -0.05) is 30.3 Å². The zero-order valence-electron chi connectivity index (χ0n) is 15.7. The van der Waals surface area contributed by atoms with Gasteiger partial charge in [-0.15, -0.1) is 0 Å². The number of Topliss-reactive ketones (excluding diaryl/α,β-unsaturated/α-hetero) is 1. The van der Waals surface area contributed by atoms with Crippen LogP contribution in [-0.2, 0) is 10.0 Å². The molecule has 148 valence electrons. The van der Waals surface area contributed by atoms with E-state index in [0.717, 1.165) is 10.9 Å². The predicted molar refractivity (Wildman–Crippen MR) is 109 cm³/mol. The van der Waals surface area contributed by atoms with Crippen molar-refractivity contribution in [2.24, 2.45) is 0 Å². The quantitative estimate of drug-likeness (QED) is 0.653. The molecule has 0 radical (unpaired) electrons. The molecule has 1 aliphatic heterocycles. The van der Waals surface area contributed by atoms with Gasteiger partial charge in [-0.2, -0.15) is 9.57 Å². The minimum absolute atomic E-state index is 0.00795. The Kier molecular flexibility index (Phi) is 5.20. The topological polar surface area (TPSA) is 97.3 Å². The SMILES string of the molecule is N#Cc1ccccc1S(=O)(=O)N1CCN(CC(=O)c2c[nH]c3ccccc23)CC1. The number of sulfonamides is 1. The first kappa shape index (κ1) is 19.3. The van der Waals surface area contributed by atoms with E-state index < -0.39 is 10.0 Å².